The van der Waals surface area contributed by atoms with Gasteiger partial charge in [0, 0.05) is 22.7 Å². The molecule has 1 aromatic heterocycles. The van der Waals surface area contributed by atoms with E-state index in [1.54, 1.807) is 0 Å². The van der Waals surface area contributed by atoms with E-state index in [9.17, 15) is 20.0 Å². The van der Waals surface area contributed by atoms with Crippen molar-refractivity contribution in [2.45, 2.75) is 0 Å². The van der Waals surface area contributed by atoms with Crippen LogP contribution in [-0.4, -0.2) is 27.2 Å². The van der Waals surface area contributed by atoms with Crippen LogP contribution in [0.25, 0.3) is 11.5 Å². The van der Waals surface area contributed by atoms with Crippen molar-refractivity contribution in [1.29, 1.82) is 0 Å². The molecule has 0 atom stereocenters. The minimum Gasteiger partial charge on any atom is -0.562 e. The fourth-order valence-electron chi connectivity index (χ4n) is 2.17. The Labute approximate surface area is 156 Å². The molecule has 0 saturated carbocycles. The molecule has 3 aromatic rings. The molecule has 0 aliphatic carbocycles. The van der Waals surface area contributed by atoms with Gasteiger partial charge in [-0.05, 0) is 30.3 Å². The largest absolute Gasteiger partial charge is 0.562 e. The molecule has 0 bridgehead atoms. The molecule has 1 N–H and O–H groups in total. The highest BCUT2D eigenvalue weighted by Crippen LogP contribution is 2.27. The first-order valence-corrected chi connectivity index (χ1v) is 7.72. The number of rotatable bonds is 5. The molecule has 10 heteroatoms. The first-order valence-electron chi connectivity index (χ1n) is 7.34. The van der Waals surface area contributed by atoms with Gasteiger partial charge in [0.1, 0.15) is 11.6 Å². The van der Waals surface area contributed by atoms with Gasteiger partial charge in [0.25, 0.3) is 5.69 Å². The molecule has 2 aromatic carbocycles. The van der Waals surface area contributed by atoms with Crippen LogP contribution in [0.2, 0.25) is 5.02 Å². The van der Waals surface area contributed by atoms with Crippen LogP contribution in [0.3, 0.4) is 0 Å². The zero-order valence-electron chi connectivity index (χ0n) is 13.3. The highest BCUT2D eigenvalue weighted by Gasteiger charge is 2.11. The van der Waals surface area contributed by atoms with Gasteiger partial charge in [-0.3, -0.25) is 15.1 Å². The normalized spacial score (nSPS) is 11.0. The van der Waals surface area contributed by atoms with Crippen molar-refractivity contribution in [1.82, 2.24) is 4.98 Å². The third kappa shape index (κ3) is 3.93. The van der Waals surface area contributed by atoms with Gasteiger partial charge in [-0.15, -0.1) is 0 Å². The summed E-state index contributed by atoms with van der Waals surface area (Å²) < 4.78 is 5.02. The highest BCUT2D eigenvalue weighted by molar-refractivity contribution is 6.31. The summed E-state index contributed by atoms with van der Waals surface area (Å²) in [6.45, 7) is 0. The van der Waals surface area contributed by atoms with Crippen LogP contribution < -0.4 is 5.11 Å². The SMILES string of the molecule is O=C(O)c1ccc(Cl)cc1N=Cc1nc(-c2ccc([N+](=O)[O-])cc2)oc1[O-]. The molecule has 0 aliphatic heterocycles. The van der Waals surface area contributed by atoms with Crippen molar-refractivity contribution < 1.29 is 24.3 Å². The fourth-order valence-corrected chi connectivity index (χ4v) is 2.34. The summed E-state index contributed by atoms with van der Waals surface area (Å²) >= 11 is 5.84. The number of non-ortho nitro benzene ring substituents is 1. The number of benzene rings is 2. The molecule has 0 amide bonds. The average Bonchev–Trinajstić information content (AvgIpc) is 3.00. The molecule has 3 rings (SSSR count). The van der Waals surface area contributed by atoms with E-state index >= 15 is 0 Å². The number of halogens is 1. The molecular formula is C17H9ClN3O6-. The van der Waals surface area contributed by atoms with Gasteiger partial charge in [-0.2, -0.15) is 0 Å². The number of oxazole rings is 1. The fraction of sp³-hybridized carbons (Fsp3) is 0. The number of aromatic carboxylic acids is 1. The lowest BCUT2D eigenvalue weighted by atomic mass is 10.2. The molecule has 9 nitrogen and oxygen atoms in total. The Morgan fingerprint density at radius 3 is 2.59 bits per heavy atom. The minimum atomic E-state index is -1.20. The van der Waals surface area contributed by atoms with Gasteiger partial charge in [0.05, 0.1) is 28.3 Å². The number of nitrogens with zero attached hydrogens (tertiary/aromatic N) is 3. The van der Waals surface area contributed by atoms with E-state index < -0.39 is 16.8 Å². The van der Waals surface area contributed by atoms with E-state index in [0.29, 0.717) is 5.56 Å². The lowest BCUT2D eigenvalue weighted by Gasteiger charge is -2.01. The zero-order chi connectivity index (χ0) is 19.6. The molecule has 1 heterocycles. The molecule has 0 aliphatic rings. The lowest BCUT2D eigenvalue weighted by Crippen LogP contribution is -1.97. The van der Waals surface area contributed by atoms with E-state index in [4.69, 9.17) is 21.1 Å². The second-order valence-corrected chi connectivity index (χ2v) is 5.66. The van der Waals surface area contributed by atoms with Crippen molar-refractivity contribution >= 4 is 35.2 Å². The number of nitro groups is 1. The van der Waals surface area contributed by atoms with Gasteiger partial charge in [0.15, 0.2) is 0 Å². The Bertz CT molecular complexity index is 1060. The summed E-state index contributed by atoms with van der Waals surface area (Å²) in [6.07, 6.45) is 1.07. The van der Waals surface area contributed by atoms with Crippen LogP contribution in [0.5, 0.6) is 5.95 Å². The minimum absolute atomic E-state index is 0.0408. The summed E-state index contributed by atoms with van der Waals surface area (Å²) in [5.41, 5.74) is 0.0547. The van der Waals surface area contributed by atoms with Crippen LogP contribution in [0.4, 0.5) is 11.4 Å². The van der Waals surface area contributed by atoms with Crippen molar-refractivity contribution in [3.63, 3.8) is 0 Å². The van der Waals surface area contributed by atoms with Crippen LogP contribution in [0.1, 0.15) is 16.1 Å². The Morgan fingerprint density at radius 2 is 1.96 bits per heavy atom. The molecule has 27 heavy (non-hydrogen) atoms. The molecule has 0 unspecified atom stereocenters. The van der Waals surface area contributed by atoms with Crippen molar-refractivity contribution in [2.75, 3.05) is 0 Å². The number of hydrogen-bond donors (Lipinski definition) is 1. The van der Waals surface area contributed by atoms with Gasteiger partial charge in [-0.1, -0.05) is 11.6 Å². The van der Waals surface area contributed by atoms with Crippen molar-refractivity contribution in [3.05, 3.63) is 68.9 Å². The molecule has 136 valence electrons. The number of carboxylic acids is 1. The maximum Gasteiger partial charge on any atom is 0.337 e. The second kappa shape index (κ2) is 7.26. The van der Waals surface area contributed by atoms with E-state index in [2.05, 4.69) is 9.98 Å². The maximum absolute atomic E-state index is 11.9. The Kier molecular flexibility index (Phi) is 4.86. The summed E-state index contributed by atoms with van der Waals surface area (Å²) in [6, 6.07) is 9.33. The third-order valence-electron chi connectivity index (χ3n) is 3.46. The molecular weight excluding hydrogens is 378 g/mol. The number of carbonyl (C=O) groups is 1. The molecule has 0 radical (unpaired) electrons. The van der Waals surface area contributed by atoms with E-state index in [0.717, 1.165) is 6.21 Å². The monoisotopic (exact) mass is 386 g/mol. The molecule has 0 spiro atoms. The van der Waals surface area contributed by atoms with E-state index in [1.165, 1.54) is 42.5 Å². The number of aromatic nitrogens is 1. The smallest absolute Gasteiger partial charge is 0.337 e. The van der Waals surface area contributed by atoms with Gasteiger partial charge in [-0.25, -0.2) is 9.78 Å². The first kappa shape index (κ1) is 18.1. The predicted molar refractivity (Wildman–Crippen MR) is 93.7 cm³/mol. The summed E-state index contributed by atoms with van der Waals surface area (Å²) in [7, 11) is 0. The van der Waals surface area contributed by atoms with Crippen LogP contribution in [0.15, 0.2) is 51.9 Å². The molecule has 0 fully saturated rings. The van der Waals surface area contributed by atoms with E-state index in [1.807, 2.05) is 0 Å². The van der Waals surface area contributed by atoms with Crippen LogP contribution in [0, 0.1) is 10.1 Å². The summed E-state index contributed by atoms with van der Waals surface area (Å²) in [5.74, 6) is -2.03. The van der Waals surface area contributed by atoms with Crippen molar-refractivity contribution in [2.24, 2.45) is 4.99 Å². The van der Waals surface area contributed by atoms with Gasteiger partial charge < -0.3 is 14.6 Å². The number of aliphatic imine (C=N–C) groups is 1. The molecule has 0 saturated heterocycles. The Morgan fingerprint density at radius 1 is 1.26 bits per heavy atom. The lowest BCUT2D eigenvalue weighted by molar-refractivity contribution is -0.384. The summed E-state index contributed by atoms with van der Waals surface area (Å²) in [4.78, 5) is 29.3. The standard InChI is InChI=1S/C17H10ClN3O6/c18-10-3-6-12(16(22)23)13(7-10)19-8-14-17(24)27-15(20-14)9-1-4-11(5-2-9)21(25)26/h1-8,24H,(H,22,23)/p-1. The first-order chi connectivity index (χ1) is 12.8. The quantitative estimate of drug-likeness (QED) is 0.402. The maximum atomic E-state index is 11.9. The predicted octanol–water partition coefficient (Wildman–Crippen LogP) is 3.43. The van der Waals surface area contributed by atoms with Crippen LogP contribution >= 0.6 is 11.6 Å². The second-order valence-electron chi connectivity index (χ2n) is 5.22. The number of hydrogen-bond acceptors (Lipinski definition) is 7. The number of carboxylic acid groups (broad SMARTS) is 1. The summed E-state index contributed by atoms with van der Waals surface area (Å²) in [5, 5.41) is 32.0. The highest BCUT2D eigenvalue weighted by atomic mass is 35.5. The Balaban J connectivity index is 1.91. The number of nitro benzene ring substituents is 1. The average molecular weight is 387 g/mol. The zero-order valence-corrected chi connectivity index (χ0v) is 14.1. The third-order valence-corrected chi connectivity index (χ3v) is 3.70. The van der Waals surface area contributed by atoms with Gasteiger partial charge >= 0.3 is 5.97 Å². The Hall–Kier alpha value is -3.72. The van der Waals surface area contributed by atoms with Crippen molar-refractivity contribution in [3.8, 4) is 17.4 Å². The van der Waals surface area contributed by atoms with Crippen LogP contribution in [-0.2, 0) is 0 Å². The topological polar surface area (TPSA) is 142 Å². The van der Waals surface area contributed by atoms with E-state index in [-0.39, 0.29) is 33.5 Å². The van der Waals surface area contributed by atoms with Gasteiger partial charge in [0.2, 0.25) is 0 Å².